The van der Waals surface area contributed by atoms with Gasteiger partial charge in [0.1, 0.15) is 5.75 Å². The molecule has 0 fully saturated rings. The molecule has 25 heavy (non-hydrogen) atoms. The minimum absolute atomic E-state index is 0.0606. The highest BCUT2D eigenvalue weighted by Gasteiger charge is 2.15. The van der Waals surface area contributed by atoms with E-state index in [4.69, 9.17) is 10.00 Å². The van der Waals surface area contributed by atoms with Gasteiger partial charge in [-0.15, -0.1) is 0 Å². The number of carbonyl (C=O) groups excluding carboxylic acids is 1. The molecule has 2 aromatic rings. The SMILES string of the molecule is COc1ccccc1/C=C/C(=O)N(Cc1ccc(C#N)cc1)C(C)C. The molecule has 0 aliphatic carbocycles. The Bertz CT molecular complexity index is 786. The molecule has 0 N–H and O–H groups in total. The lowest BCUT2D eigenvalue weighted by Crippen LogP contribution is -2.35. The van der Waals surface area contributed by atoms with Crippen LogP contribution < -0.4 is 4.74 Å². The molecule has 0 bridgehead atoms. The van der Waals surface area contributed by atoms with Gasteiger partial charge in [0, 0.05) is 24.2 Å². The lowest BCUT2D eigenvalue weighted by molar-refractivity contribution is -0.128. The van der Waals surface area contributed by atoms with Crippen LogP contribution in [0.4, 0.5) is 0 Å². The summed E-state index contributed by atoms with van der Waals surface area (Å²) in [5.74, 6) is 0.667. The molecule has 0 atom stereocenters. The third-order valence-corrected chi connectivity index (χ3v) is 3.89. The summed E-state index contributed by atoms with van der Waals surface area (Å²) in [5, 5.41) is 8.87. The van der Waals surface area contributed by atoms with E-state index >= 15 is 0 Å². The molecule has 2 rings (SSSR count). The predicted octanol–water partition coefficient (Wildman–Crippen LogP) is 4.02. The molecule has 128 valence electrons. The van der Waals surface area contributed by atoms with Gasteiger partial charge in [-0.05, 0) is 43.7 Å². The Hall–Kier alpha value is -3.06. The zero-order valence-corrected chi connectivity index (χ0v) is 14.8. The van der Waals surface area contributed by atoms with E-state index in [-0.39, 0.29) is 11.9 Å². The van der Waals surface area contributed by atoms with E-state index in [1.54, 1.807) is 36.3 Å². The molecular formula is C21H22N2O2. The maximum Gasteiger partial charge on any atom is 0.247 e. The van der Waals surface area contributed by atoms with Crippen LogP contribution in [0.25, 0.3) is 6.08 Å². The van der Waals surface area contributed by atoms with Gasteiger partial charge < -0.3 is 9.64 Å². The van der Waals surface area contributed by atoms with E-state index in [1.807, 2.05) is 50.2 Å². The summed E-state index contributed by atoms with van der Waals surface area (Å²) in [6, 6.07) is 17.0. The minimum atomic E-state index is -0.0646. The number of rotatable bonds is 6. The number of amides is 1. The number of benzene rings is 2. The highest BCUT2D eigenvalue weighted by molar-refractivity contribution is 5.92. The summed E-state index contributed by atoms with van der Waals surface area (Å²) in [5.41, 5.74) is 2.47. The first-order chi connectivity index (χ1) is 12.0. The normalized spacial score (nSPS) is 10.7. The zero-order valence-electron chi connectivity index (χ0n) is 14.8. The van der Waals surface area contributed by atoms with Crippen LogP contribution in [-0.2, 0) is 11.3 Å². The first-order valence-corrected chi connectivity index (χ1v) is 8.16. The van der Waals surface area contributed by atoms with Crippen molar-refractivity contribution in [1.29, 1.82) is 5.26 Å². The van der Waals surface area contributed by atoms with Gasteiger partial charge in [-0.1, -0.05) is 30.3 Å². The second-order valence-corrected chi connectivity index (χ2v) is 5.94. The van der Waals surface area contributed by atoms with Gasteiger partial charge in [-0.3, -0.25) is 4.79 Å². The van der Waals surface area contributed by atoms with Gasteiger partial charge in [-0.2, -0.15) is 5.26 Å². The second kappa shape index (κ2) is 8.70. The molecule has 0 saturated heterocycles. The molecule has 0 aromatic heterocycles. The average molecular weight is 334 g/mol. The average Bonchev–Trinajstić information content (AvgIpc) is 2.64. The van der Waals surface area contributed by atoms with Crippen LogP contribution in [0.2, 0.25) is 0 Å². The van der Waals surface area contributed by atoms with E-state index in [9.17, 15) is 4.79 Å². The first-order valence-electron chi connectivity index (χ1n) is 8.16. The van der Waals surface area contributed by atoms with Crippen LogP contribution in [0, 0.1) is 11.3 Å². The molecular weight excluding hydrogens is 312 g/mol. The second-order valence-electron chi connectivity index (χ2n) is 5.94. The van der Waals surface area contributed by atoms with Crippen molar-refractivity contribution in [2.45, 2.75) is 26.4 Å². The fourth-order valence-corrected chi connectivity index (χ4v) is 2.46. The highest BCUT2D eigenvalue weighted by Crippen LogP contribution is 2.19. The number of nitriles is 1. The topological polar surface area (TPSA) is 53.3 Å². The van der Waals surface area contributed by atoms with E-state index in [0.717, 1.165) is 16.9 Å². The summed E-state index contributed by atoms with van der Waals surface area (Å²) in [4.78, 5) is 14.4. The quantitative estimate of drug-likeness (QED) is 0.750. The number of methoxy groups -OCH3 is 1. The third-order valence-electron chi connectivity index (χ3n) is 3.89. The Balaban J connectivity index is 2.14. The first kappa shape index (κ1) is 18.3. The van der Waals surface area contributed by atoms with E-state index < -0.39 is 0 Å². The maximum absolute atomic E-state index is 12.6. The zero-order chi connectivity index (χ0) is 18.2. The van der Waals surface area contributed by atoms with E-state index in [2.05, 4.69) is 6.07 Å². The van der Waals surface area contributed by atoms with E-state index in [0.29, 0.717) is 12.1 Å². The minimum Gasteiger partial charge on any atom is -0.496 e. The highest BCUT2D eigenvalue weighted by atomic mass is 16.5. The van der Waals surface area contributed by atoms with Crippen molar-refractivity contribution in [2.75, 3.05) is 7.11 Å². The molecule has 2 aromatic carbocycles. The number of hydrogen-bond acceptors (Lipinski definition) is 3. The van der Waals surface area contributed by atoms with Crippen molar-refractivity contribution in [3.8, 4) is 11.8 Å². The fourth-order valence-electron chi connectivity index (χ4n) is 2.46. The number of ether oxygens (including phenoxy) is 1. The molecule has 0 heterocycles. The van der Waals surface area contributed by atoms with Gasteiger partial charge in [0.25, 0.3) is 0 Å². The predicted molar refractivity (Wildman–Crippen MR) is 98.9 cm³/mol. The van der Waals surface area contributed by atoms with Gasteiger partial charge in [-0.25, -0.2) is 0 Å². The Morgan fingerprint density at radius 1 is 1.20 bits per heavy atom. The van der Waals surface area contributed by atoms with Crippen molar-refractivity contribution in [2.24, 2.45) is 0 Å². The molecule has 4 heteroatoms. The third kappa shape index (κ3) is 4.95. The smallest absolute Gasteiger partial charge is 0.247 e. The van der Waals surface area contributed by atoms with Gasteiger partial charge in [0.15, 0.2) is 0 Å². The van der Waals surface area contributed by atoms with Crippen molar-refractivity contribution in [1.82, 2.24) is 4.90 Å². The maximum atomic E-state index is 12.6. The van der Waals surface area contributed by atoms with E-state index in [1.165, 1.54) is 0 Å². The van der Waals surface area contributed by atoms with Crippen LogP contribution in [-0.4, -0.2) is 24.0 Å². The summed E-state index contributed by atoms with van der Waals surface area (Å²) >= 11 is 0. The largest absolute Gasteiger partial charge is 0.496 e. The lowest BCUT2D eigenvalue weighted by atomic mass is 10.1. The molecule has 0 unspecified atom stereocenters. The van der Waals surface area contributed by atoms with Gasteiger partial charge >= 0.3 is 0 Å². The summed E-state index contributed by atoms with van der Waals surface area (Å²) in [6.45, 7) is 4.47. The summed E-state index contributed by atoms with van der Waals surface area (Å²) < 4.78 is 5.30. The number of carbonyl (C=O) groups is 1. The summed E-state index contributed by atoms with van der Waals surface area (Å²) in [6.07, 6.45) is 3.34. The molecule has 0 saturated carbocycles. The Labute approximate surface area is 149 Å². The van der Waals surface area contributed by atoms with Crippen molar-refractivity contribution < 1.29 is 9.53 Å². The number of hydrogen-bond donors (Lipinski definition) is 0. The standard InChI is InChI=1S/C21H22N2O2/c1-16(2)23(15-18-10-8-17(14-22)9-11-18)21(24)13-12-19-6-4-5-7-20(19)25-3/h4-13,16H,15H2,1-3H3/b13-12+. The monoisotopic (exact) mass is 334 g/mol. The molecule has 0 spiro atoms. The van der Waals surface area contributed by atoms with Crippen molar-refractivity contribution in [3.63, 3.8) is 0 Å². The Kier molecular flexibility index (Phi) is 6.36. The Morgan fingerprint density at radius 2 is 1.88 bits per heavy atom. The molecule has 1 amide bonds. The fraction of sp³-hybridized carbons (Fsp3) is 0.238. The number of para-hydroxylation sites is 1. The number of nitrogens with zero attached hydrogens (tertiary/aromatic N) is 2. The molecule has 0 aliphatic rings. The van der Waals surface area contributed by atoms with Crippen LogP contribution in [0.1, 0.15) is 30.5 Å². The molecule has 0 radical (unpaired) electrons. The van der Waals surface area contributed by atoms with Gasteiger partial charge in [0.05, 0.1) is 18.7 Å². The van der Waals surface area contributed by atoms with Crippen LogP contribution in [0.5, 0.6) is 5.75 Å². The van der Waals surface area contributed by atoms with Gasteiger partial charge in [0.2, 0.25) is 5.91 Å². The summed E-state index contributed by atoms with van der Waals surface area (Å²) in [7, 11) is 1.61. The van der Waals surface area contributed by atoms with Crippen LogP contribution >= 0.6 is 0 Å². The van der Waals surface area contributed by atoms with Crippen molar-refractivity contribution >= 4 is 12.0 Å². The van der Waals surface area contributed by atoms with Crippen LogP contribution in [0.3, 0.4) is 0 Å². The van der Waals surface area contributed by atoms with Crippen LogP contribution in [0.15, 0.2) is 54.6 Å². The lowest BCUT2D eigenvalue weighted by Gasteiger charge is -2.25. The molecule has 0 aliphatic heterocycles. The Morgan fingerprint density at radius 3 is 2.48 bits per heavy atom. The molecule has 4 nitrogen and oxygen atoms in total. The van der Waals surface area contributed by atoms with Crippen molar-refractivity contribution in [3.05, 3.63) is 71.3 Å².